The van der Waals surface area contributed by atoms with Crippen LogP contribution in [-0.4, -0.2) is 262 Å². The Balaban J connectivity index is 0.000000139. The Labute approximate surface area is 807 Å². The van der Waals surface area contributed by atoms with E-state index in [2.05, 4.69) is 72.9 Å². The van der Waals surface area contributed by atoms with Crippen molar-refractivity contribution in [3.63, 3.8) is 0 Å². The van der Waals surface area contributed by atoms with Crippen molar-refractivity contribution in [2.24, 2.45) is 5.92 Å². The van der Waals surface area contributed by atoms with E-state index in [9.17, 15) is 33.6 Å². The number of esters is 1. The third-order valence-electron chi connectivity index (χ3n) is 25.4. The summed E-state index contributed by atoms with van der Waals surface area (Å²) in [7, 11) is 0. The first-order valence-electron chi connectivity index (χ1n) is 49.4. The molecule has 3 saturated heterocycles. The zero-order valence-electron chi connectivity index (χ0n) is 83.3. The van der Waals surface area contributed by atoms with E-state index in [1.807, 2.05) is 110 Å². The number of Topliss-reactive ketones (excluding diaryl/α,β-unsaturated/α-hetero) is 1. The molecule has 37 heteroatoms. The Bertz CT molecular complexity index is 5950. The van der Waals surface area contributed by atoms with Crippen molar-refractivity contribution in [2.75, 3.05) is 121 Å². The van der Waals surface area contributed by atoms with Gasteiger partial charge in [0.1, 0.15) is 56.0 Å². The summed E-state index contributed by atoms with van der Waals surface area (Å²) in [5.74, 6) is 1.08. The van der Waals surface area contributed by atoms with Gasteiger partial charge in [-0.2, -0.15) is 29.4 Å². The number of carbonyl (C=O) groups excluding carboxylic acids is 6. The quantitative estimate of drug-likeness (QED) is 0.0523. The molecule has 10 aromatic heterocycles. The first-order valence-corrected chi connectivity index (χ1v) is 50.1. The number of piperidine rings is 2. The predicted octanol–water partition coefficient (Wildman–Crippen LogP) is 14.2. The molecule has 8 aliphatic rings. The van der Waals surface area contributed by atoms with Crippen molar-refractivity contribution in [2.45, 2.75) is 295 Å². The summed E-state index contributed by atoms with van der Waals surface area (Å²) in [4.78, 5) is 121. The number of aromatic nitrogens is 15. The zero-order chi connectivity index (χ0) is 97.7. The van der Waals surface area contributed by atoms with Crippen LogP contribution in [0.1, 0.15) is 260 Å². The maximum atomic E-state index is 12.7. The average Bonchev–Trinajstić information content (AvgIpc) is 1.58. The van der Waals surface area contributed by atoms with E-state index in [1.54, 1.807) is 46.5 Å². The monoisotopic (exact) mass is 1920 g/mol. The average molecular weight is 1920 g/mol. The standard InChI is InChI=1S/C22H33N5O2.C17H23ClN4O2.C17H25N5.C17H24N4O3.C14H23NO5.C12H15ClN4/c1-5-16-15-23-27-19(16)24-18-10-14-26(21(28)29-22(2,3)4)13-9-17(18)20(27)25-11-7-6-8-12-25;1-5-11-10-19-22-14(18)12-6-8-21(16(23)24-17(2,3)4)9-7-13(12)20-15(11)22;1-2-13-12-19-22-16(13)20-15-7-9-18-8-6-14(15)17(22)21-10-4-3-5-11-21;1-5-11-10-18-21-14(11)19-13-7-9-20(8-6-12(13)15(21)22)16(23)24-17(2,3)4;1-5-19-12(17)10-6-8-15(9-7-11(10)16)13(18)20-14(2,3)4;1-2-8-7-15-17-11(13)9-3-5-14-6-4-10(9)16-12(8)17/h15H,5-14H2,1-4H3;10H,5-9H2,1-4H3;12,18H,2-11H2,1H3;10,18H,5-9H2,1-4H3;10H,5-9H2,1-4H3;7,14H,2-6H2,1H3. The minimum atomic E-state index is -0.762. The van der Waals surface area contributed by atoms with Crippen molar-refractivity contribution in [3.8, 4) is 0 Å². The summed E-state index contributed by atoms with van der Waals surface area (Å²) < 4.78 is 35.8. The molecule has 3 fully saturated rings. The summed E-state index contributed by atoms with van der Waals surface area (Å²) >= 11 is 13.0. The lowest BCUT2D eigenvalue weighted by Gasteiger charge is -2.31. The Hall–Kier alpha value is -10.8. The molecule has 3 N–H and O–H groups in total. The van der Waals surface area contributed by atoms with Crippen LogP contribution < -0.4 is 26.0 Å². The number of carbonyl (C=O) groups is 6. The Kier molecular flexibility index (Phi) is 34.1. The normalized spacial score (nSPS) is 17.3. The fourth-order valence-electron chi connectivity index (χ4n) is 18.3. The molecule has 18 heterocycles. The third kappa shape index (κ3) is 25.0. The fraction of sp³-hybridized carbons (Fsp3) is 0.636. The molecule has 1 atom stereocenters. The van der Waals surface area contributed by atoms with E-state index in [-0.39, 0.29) is 55.6 Å². The molecule has 1 unspecified atom stereocenters. The Morgan fingerprint density at radius 3 is 1.10 bits per heavy atom. The summed E-state index contributed by atoms with van der Waals surface area (Å²) in [6.07, 6.45) is 28.6. The highest BCUT2D eigenvalue weighted by Gasteiger charge is 2.37. The van der Waals surface area contributed by atoms with Crippen molar-refractivity contribution in [1.82, 2.24) is 103 Å². The molecule has 0 saturated carbocycles. The van der Waals surface area contributed by atoms with Gasteiger partial charge in [-0.1, -0.05) is 57.8 Å². The number of rotatable bonds is 9. The molecule has 0 radical (unpaired) electrons. The molecule has 18 rings (SSSR count). The van der Waals surface area contributed by atoms with Crippen molar-refractivity contribution >= 4 is 99.2 Å². The SMILES string of the molecule is CCOC(=O)C1CCN(C(=O)OC(C)(C)C)CCC1=O.CCc1c[nH]n2c(=O)c3c(nc12)CCN(C(=O)OC(C)(C)C)CC3.CCc1cnn2c(Cl)c3c(nc12)CCN(C(=O)OC(C)(C)C)CC3.CCc1cnn2c(Cl)c3c(nc12)CCNCC3.CCc1cnn2c(N3CCCCC3)c3c(nc12)CCN(C(=O)OC(C)(C)C)CC3.CCc1cnn2c(N3CCCCC3)c3c(nc12)CCNCC3. The molecule has 0 aliphatic carbocycles. The first kappa shape index (κ1) is 103. The van der Waals surface area contributed by atoms with Gasteiger partial charge in [0.05, 0.1) is 59.9 Å². The van der Waals surface area contributed by atoms with Gasteiger partial charge in [-0.25, -0.2) is 57.6 Å². The van der Waals surface area contributed by atoms with Gasteiger partial charge in [0.25, 0.3) is 5.56 Å². The molecule has 0 bridgehead atoms. The molecule has 740 valence electrons. The van der Waals surface area contributed by atoms with Gasteiger partial charge in [-0.15, -0.1) is 0 Å². The first-order chi connectivity index (χ1) is 64.9. The number of likely N-dealkylation sites (tertiary alicyclic amines) is 1. The molecule has 35 nitrogen and oxygen atoms in total. The number of fused-ring (bicyclic) bond motifs is 10. The highest BCUT2D eigenvalue weighted by Crippen LogP contribution is 2.35. The summed E-state index contributed by atoms with van der Waals surface area (Å²) in [5.41, 5.74) is 18.7. The third-order valence-corrected chi connectivity index (χ3v) is 26.2. The number of H-pyrrole nitrogens is 1. The van der Waals surface area contributed by atoms with Crippen molar-refractivity contribution < 1.29 is 52.5 Å². The van der Waals surface area contributed by atoms with Crippen LogP contribution in [0.5, 0.6) is 0 Å². The molecule has 4 amide bonds. The molecule has 0 spiro atoms. The van der Waals surface area contributed by atoms with Gasteiger partial charge in [0.2, 0.25) is 0 Å². The van der Waals surface area contributed by atoms with Crippen LogP contribution in [-0.2, 0) is 130 Å². The maximum Gasteiger partial charge on any atom is 0.410 e. The molecule has 8 aliphatic heterocycles. The van der Waals surface area contributed by atoms with E-state index in [1.165, 1.54) is 87.5 Å². The van der Waals surface area contributed by atoms with Crippen LogP contribution in [0.4, 0.5) is 30.8 Å². The Morgan fingerprint density at radius 1 is 0.368 bits per heavy atom. The molecule has 0 aromatic carbocycles. The number of hydrogen-bond donors (Lipinski definition) is 3. The van der Waals surface area contributed by atoms with E-state index in [0.717, 1.165) is 201 Å². The number of amides is 4. The topological polar surface area (TPSA) is 363 Å². The number of nitrogens with one attached hydrogen (secondary N) is 3. The predicted molar refractivity (Wildman–Crippen MR) is 525 cm³/mol. The second-order valence-electron chi connectivity index (χ2n) is 39.8. The molecular formula is C99H143Cl2N23O12. The van der Waals surface area contributed by atoms with Crippen LogP contribution in [0.15, 0.2) is 35.8 Å². The number of aryl methyl sites for hydroxylation is 5. The van der Waals surface area contributed by atoms with Crippen LogP contribution in [0, 0.1) is 5.92 Å². The number of hydrogen-bond acceptors (Lipinski definition) is 25. The van der Waals surface area contributed by atoms with Gasteiger partial charge in [-0.05, 0) is 212 Å². The maximum absolute atomic E-state index is 12.7. The minimum absolute atomic E-state index is 0.0688. The van der Waals surface area contributed by atoms with Crippen molar-refractivity contribution in [1.29, 1.82) is 0 Å². The molecule has 136 heavy (non-hydrogen) atoms. The highest BCUT2D eigenvalue weighted by molar-refractivity contribution is 6.31. The van der Waals surface area contributed by atoms with Crippen LogP contribution in [0.25, 0.3) is 28.2 Å². The van der Waals surface area contributed by atoms with Crippen LogP contribution in [0.2, 0.25) is 10.3 Å². The second-order valence-corrected chi connectivity index (χ2v) is 40.6. The van der Waals surface area contributed by atoms with Crippen molar-refractivity contribution in [3.05, 3.63) is 136 Å². The Morgan fingerprint density at radius 2 is 0.684 bits per heavy atom. The van der Waals surface area contributed by atoms with Gasteiger partial charge in [0, 0.05) is 192 Å². The van der Waals surface area contributed by atoms with E-state index < -0.39 is 40.4 Å². The summed E-state index contributed by atoms with van der Waals surface area (Å²) in [5, 5.41) is 29.3. The van der Waals surface area contributed by atoms with Gasteiger partial charge in [0.15, 0.2) is 28.2 Å². The van der Waals surface area contributed by atoms with E-state index >= 15 is 0 Å². The number of halogens is 2. The van der Waals surface area contributed by atoms with Crippen LogP contribution >= 0.6 is 23.2 Å². The molecule has 10 aromatic rings. The number of anilines is 2. The highest BCUT2D eigenvalue weighted by atomic mass is 35.5. The van der Waals surface area contributed by atoms with Gasteiger partial charge in [-0.3, -0.25) is 19.5 Å². The summed E-state index contributed by atoms with van der Waals surface area (Å²) in [6, 6.07) is 0. The zero-order valence-corrected chi connectivity index (χ0v) is 84.9. The lowest BCUT2D eigenvalue weighted by Crippen LogP contribution is -2.38. The van der Waals surface area contributed by atoms with Gasteiger partial charge >= 0.3 is 30.3 Å². The van der Waals surface area contributed by atoms with E-state index in [0.29, 0.717) is 87.9 Å². The number of aromatic amines is 1. The fourth-order valence-corrected chi connectivity index (χ4v) is 19.0. The molecular weight excluding hydrogens is 1770 g/mol. The smallest absolute Gasteiger partial charge is 0.410 e. The minimum Gasteiger partial charge on any atom is -0.465 e. The van der Waals surface area contributed by atoms with Crippen LogP contribution in [0.3, 0.4) is 0 Å². The van der Waals surface area contributed by atoms with Gasteiger partial charge < -0.3 is 63.7 Å². The van der Waals surface area contributed by atoms with E-state index in [4.69, 9.17) is 77.0 Å². The largest absolute Gasteiger partial charge is 0.465 e. The number of ether oxygens (including phenoxy) is 5. The number of nitrogens with zero attached hydrogens (tertiary/aromatic N) is 20. The number of ketones is 1. The summed E-state index contributed by atoms with van der Waals surface area (Å²) in [6.45, 7) is 47.2. The lowest BCUT2D eigenvalue weighted by molar-refractivity contribution is -0.151. The lowest BCUT2D eigenvalue weighted by atomic mass is 10.00. The second kappa shape index (κ2) is 45.2.